The van der Waals surface area contributed by atoms with Crippen LogP contribution in [0.1, 0.15) is 11.1 Å². The van der Waals surface area contributed by atoms with Crippen molar-refractivity contribution >= 4 is 40.4 Å². The van der Waals surface area contributed by atoms with E-state index in [1.54, 1.807) is 6.21 Å². The molecule has 3 rings (SSSR count). The van der Waals surface area contributed by atoms with Gasteiger partial charge >= 0.3 is 0 Å². The molecule has 0 unspecified atom stereocenters. The molecular formula is C17H16IN3O3. The summed E-state index contributed by atoms with van der Waals surface area (Å²) < 4.78 is 11.7. The lowest BCUT2D eigenvalue weighted by Gasteiger charge is -2.07. The number of aryl methyl sites for hydroxylation is 1. The van der Waals surface area contributed by atoms with Gasteiger partial charge in [0.25, 0.3) is 5.91 Å². The molecule has 0 saturated carbocycles. The number of hydrogen-bond donors (Lipinski definition) is 2. The second-order valence-corrected chi connectivity index (χ2v) is 6.39. The third kappa shape index (κ3) is 4.16. The zero-order valence-corrected chi connectivity index (χ0v) is 15.2. The molecule has 0 atom stereocenters. The fourth-order valence-electron chi connectivity index (χ4n) is 2.15. The lowest BCUT2D eigenvalue weighted by atomic mass is 10.2. The van der Waals surface area contributed by atoms with Crippen LogP contribution in [-0.4, -0.2) is 25.5 Å². The highest BCUT2D eigenvalue weighted by molar-refractivity contribution is 14.1. The SMILES string of the molecule is Cc1cc(NCC(=O)NN=Cc2ccc3c(c2)OCO3)ccc1I. The molecule has 0 bridgehead atoms. The van der Waals surface area contributed by atoms with Crippen LogP contribution in [0.3, 0.4) is 0 Å². The first kappa shape index (κ1) is 16.6. The summed E-state index contributed by atoms with van der Waals surface area (Å²) in [6, 6.07) is 11.4. The Hall–Kier alpha value is -2.29. The number of anilines is 1. The van der Waals surface area contributed by atoms with Crippen molar-refractivity contribution < 1.29 is 14.3 Å². The van der Waals surface area contributed by atoms with Crippen molar-refractivity contribution in [2.45, 2.75) is 6.92 Å². The summed E-state index contributed by atoms with van der Waals surface area (Å²) in [5.41, 5.74) is 5.38. The van der Waals surface area contributed by atoms with E-state index in [9.17, 15) is 4.79 Å². The second kappa shape index (κ2) is 7.52. The molecule has 1 aliphatic heterocycles. The predicted molar refractivity (Wildman–Crippen MR) is 101 cm³/mol. The highest BCUT2D eigenvalue weighted by Gasteiger charge is 2.12. The van der Waals surface area contributed by atoms with Gasteiger partial charge < -0.3 is 14.8 Å². The number of halogens is 1. The van der Waals surface area contributed by atoms with Crippen LogP contribution in [0.15, 0.2) is 41.5 Å². The highest BCUT2D eigenvalue weighted by Crippen LogP contribution is 2.31. The number of amides is 1. The first-order valence-corrected chi connectivity index (χ1v) is 8.41. The zero-order chi connectivity index (χ0) is 16.9. The number of rotatable bonds is 5. The molecule has 0 aromatic heterocycles. The van der Waals surface area contributed by atoms with Crippen LogP contribution in [0.5, 0.6) is 11.5 Å². The van der Waals surface area contributed by atoms with Gasteiger partial charge in [0.05, 0.1) is 12.8 Å². The summed E-state index contributed by atoms with van der Waals surface area (Å²) in [6.45, 7) is 2.41. The Morgan fingerprint density at radius 1 is 1.25 bits per heavy atom. The van der Waals surface area contributed by atoms with Crippen LogP contribution in [0.4, 0.5) is 5.69 Å². The summed E-state index contributed by atoms with van der Waals surface area (Å²) in [4.78, 5) is 11.8. The number of hydrogen-bond acceptors (Lipinski definition) is 5. The minimum absolute atomic E-state index is 0.151. The summed E-state index contributed by atoms with van der Waals surface area (Å²) >= 11 is 2.27. The minimum Gasteiger partial charge on any atom is -0.454 e. The smallest absolute Gasteiger partial charge is 0.259 e. The van der Waals surface area contributed by atoms with Gasteiger partial charge in [0.15, 0.2) is 11.5 Å². The van der Waals surface area contributed by atoms with E-state index < -0.39 is 0 Å². The standard InChI is InChI=1S/C17H16IN3O3/c1-11-6-13(3-4-14(11)18)19-9-17(22)21-20-8-12-2-5-15-16(7-12)24-10-23-15/h2-8,19H,9-10H2,1H3,(H,21,22). The van der Waals surface area contributed by atoms with Crippen molar-refractivity contribution in [3.05, 3.63) is 51.1 Å². The van der Waals surface area contributed by atoms with Gasteiger partial charge in [0.1, 0.15) is 0 Å². The van der Waals surface area contributed by atoms with E-state index >= 15 is 0 Å². The van der Waals surface area contributed by atoms with E-state index in [0.717, 1.165) is 11.3 Å². The number of carbonyl (C=O) groups is 1. The third-order valence-electron chi connectivity index (χ3n) is 3.41. The quantitative estimate of drug-likeness (QED) is 0.429. The van der Waals surface area contributed by atoms with Crippen LogP contribution >= 0.6 is 22.6 Å². The van der Waals surface area contributed by atoms with Crippen LogP contribution in [-0.2, 0) is 4.79 Å². The number of ether oxygens (including phenoxy) is 2. The Morgan fingerprint density at radius 2 is 2.08 bits per heavy atom. The molecular weight excluding hydrogens is 421 g/mol. The number of carbonyl (C=O) groups excluding carboxylic acids is 1. The molecule has 2 N–H and O–H groups in total. The molecule has 0 fully saturated rings. The van der Waals surface area contributed by atoms with Gasteiger partial charge in [0.2, 0.25) is 6.79 Å². The van der Waals surface area contributed by atoms with Crippen molar-refractivity contribution in [1.29, 1.82) is 0 Å². The van der Waals surface area contributed by atoms with E-state index in [4.69, 9.17) is 9.47 Å². The van der Waals surface area contributed by atoms with E-state index in [-0.39, 0.29) is 19.2 Å². The molecule has 6 nitrogen and oxygen atoms in total. The number of benzene rings is 2. The largest absolute Gasteiger partial charge is 0.454 e. The number of hydrazone groups is 1. The van der Waals surface area contributed by atoms with Crippen LogP contribution in [0.25, 0.3) is 0 Å². The maximum Gasteiger partial charge on any atom is 0.259 e. The average molecular weight is 437 g/mol. The first-order chi connectivity index (χ1) is 11.6. The lowest BCUT2D eigenvalue weighted by molar-refractivity contribution is -0.119. The van der Waals surface area contributed by atoms with Crippen LogP contribution in [0.2, 0.25) is 0 Å². The van der Waals surface area contributed by atoms with Crippen molar-refractivity contribution in [3.63, 3.8) is 0 Å². The summed E-state index contributed by atoms with van der Waals surface area (Å²) in [5, 5.41) is 7.02. The van der Waals surface area contributed by atoms with Gasteiger partial charge in [-0.1, -0.05) is 0 Å². The van der Waals surface area contributed by atoms with Gasteiger partial charge in [-0.2, -0.15) is 5.10 Å². The molecule has 124 valence electrons. The maximum absolute atomic E-state index is 11.8. The van der Waals surface area contributed by atoms with Crippen molar-refractivity contribution in [2.75, 3.05) is 18.7 Å². The summed E-state index contributed by atoms with van der Waals surface area (Å²) in [5.74, 6) is 1.18. The Balaban J connectivity index is 1.49. The Bertz CT molecular complexity index is 793. The normalized spacial score (nSPS) is 12.4. The molecule has 1 heterocycles. The second-order valence-electron chi connectivity index (χ2n) is 5.22. The molecule has 0 spiro atoms. The number of fused-ring (bicyclic) bond motifs is 1. The van der Waals surface area contributed by atoms with Gasteiger partial charge in [-0.3, -0.25) is 4.79 Å². The molecule has 0 radical (unpaired) electrons. The average Bonchev–Trinajstić information content (AvgIpc) is 3.04. The molecule has 24 heavy (non-hydrogen) atoms. The monoisotopic (exact) mass is 437 g/mol. The Kier molecular flexibility index (Phi) is 5.19. The van der Waals surface area contributed by atoms with Crippen molar-refractivity contribution in [1.82, 2.24) is 5.43 Å². The number of nitrogens with zero attached hydrogens (tertiary/aromatic N) is 1. The topological polar surface area (TPSA) is 72.0 Å². The summed E-state index contributed by atoms with van der Waals surface area (Å²) in [6.07, 6.45) is 1.56. The van der Waals surface area contributed by atoms with E-state index in [2.05, 4.69) is 38.4 Å². The van der Waals surface area contributed by atoms with Crippen molar-refractivity contribution in [3.8, 4) is 11.5 Å². The highest BCUT2D eigenvalue weighted by atomic mass is 127. The minimum atomic E-state index is -0.219. The molecule has 2 aromatic carbocycles. The van der Waals surface area contributed by atoms with Gasteiger partial charge in [-0.25, -0.2) is 5.43 Å². The molecule has 0 saturated heterocycles. The maximum atomic E-state index is 11.8. The predicted octanol–water partition coefficient (Wildman–Crippen LogP) is 2.89. The van der Waals surface area contributed by atoms with Crippen molar-refractivity contribution in [2.24, 2.45) is 5.10 Å². The zero-order valence-electron chi connectivity index (χ0n) is 13.0. The Morgan fingerprint density at radius 3 is 2.92 bits per heavy atom. The van der Waals surface area contributed by atoms with E-state index in [0.29, 0.717) is 11.5 Å². The third-order valence-corrected chi connectivity index (χ3v) is 4.62. The van der Waals surface area contributed by atoms with Gasteiger partial charge in [0, 0.05) is 9.26 Å². The molecule has 0 aliphatic carbocycles. The molecule has 1 aliphatic rings. The lowest BCUT2D eigenvalue weighted by Crippen LogP contribution is -2.25. The fraction of sp³-hybridized carbons (Fsp3) is 0.176. The molecule has 2 aromatic rings. The van der Waals surface area contributed by atoms with Crippen LogP contribution < -0.4 is 20.2 Å². The van der Waals surface area contributed by atoms with E-state index in [1.165, 1.54) is 9.13 Å². The Labute approximate surface area is 153 Å². The first-order valence-electron chi connectivity index (χ1n) is 7.33. The van der Waals surface area contributed by atoms with Gasteiger partial charge in [-0.05, 0) is 77.0 Å². The van der Waals surface area contributed by atoms with E-state index in [1.807, 2.05) is 43.3 Å². The summed E-state index contributed by atoms with van der Waals surface area (Å²) in [7, 11) is 0. The number of nitrogens with one attached hydrogen (secondary N) is 2. The molecule has 7 heteroatoms. The van der Waals surface area contributed by atoms with Gasteiger partial charge in [-0.15, -0.1) is 0 Å². The fourth-order valence-corrected chi connectivity index (χ4v) is 2.48. The molecule has 1 amide bonds. The van der Waals surface area contributed by atoms with Crippen LogP contribution in [0, 0.1) is 10.5 Å².